The quantitative estimate of drug-likeness (QED) is 0.325. The molecule has 0 bridgehead atoms. The highest BCUT2D eigenvalue weighted by Gasteiger charge is 2.43. The molecular formula is C23H14F6N8O2. The molecule has 0 saturated carbocycles. The predicted molar refractivity (Wildman–Crippen MR) is 124 cm³/mol. The highest BCUT2D eigenvalue weighted by atomic mass is 19.4. The summed E-state index contributed by atoms with van der Waals surface area (Å²) in [7, 11) is 1.08. The van der Waals surface area contributed by atoms with Gasteiger partial charge >= 0.3 is 12.4 Å². The topological polar surface area (TPSA) is 123 Å². The van der Waals surface area contributed by atoms with Gasteiger partial charge in [-0.3, -0.25) is 14.3 Å². The summed E-state index contributed by atoms with van der Waals surface area (Å²) in [4.78, 5) is 31.9. The lowest BCUT2D eigenvalue weighted by atomic mass is 9.99. The van der Waals surface area contributed by atoms with Crippen LogP contribution in [0.1, 0.15) is 21.6 Å². The number of anilines is 1. The number of aromatic nitrogens is 7. The second kappa shape index (κ2) is 9.07. The summed E-state index contributed by atoms with van der Waals surface area (Å²) in [6.07, 6.45) is -5.73. The maximum absolute atomic E-state index is 14.3. The lowest BCUT2D eigenvalue weighted by molar-refractivity contribution is -0.138. The number of nitrogens with zero attached hydrogens (tertiary/aromatic N) is 6. The summed E-state index contributed by atoms with van der Waals surface area (Å²) < 4.78 is 84.8. The van der Waals surface area contributed by atoms with Crippen LogP contribution in [0.15, 0.2) is 59.9 Å². The maximum atomic E-state index is 14.3. The van der Waals surface area contributed by atoms with Crippen molar-refractivity contribution < 1.29 is 31.1 Å². The fourth-order valence-electron chi connectivity index (χ4n) is 4.08. The molecule has 0 aliphatic rings. The van der Waals surface area contributed by atoms with Crippen molar-refractivity contribution in [3.8, 4) is 17.1 Å². The molecule has 0 atom stereocenters. The Morgan fingerprint density at radius 1 is 1.00 bits per heavy atom. The Balaban J connectivity index is 1.61. The second-order valence-electron chi connectivity index (χ2n) is 8.13. The summed E-state index contributed by atoms with van der Waals surface area (Å²) in [5.41, 5.74) is -5.52. The summed E-state index contributed by atoms with van der Waals surface area (Å²) >= 11 is 0. The number of carbonyl (C=O) groups is 1. The average molecular weight is 548 g/mol. The van der Waals surface area contributed by atoms with Gasteiger partial charge in [-0.15, -0.1) is 4.80 Å². The van der Waals surface area contributed by atoms with Gasteiger partial charge in [-0.1, -0.05) is 12.1 Å². The third-order valence-electron chi connectivity index (χ3n) is 5.65. The van der Waals surface area contributed by atoms with Crippen LogP contribution in [0.25, 0.3) is 27.8 Å². The summed E-state index contributed by atoms with van der Waals surface area (Å²) in [6.45, 7) is 0. The van der Waals surface area contributed by atoms with Crippen LogP contribution in [0.2, 0.25) is 0 Å². The van der Waals surface area contributed by atoms with Crippen LogP contribution >= 0.6 is 0 Å². The van der Waals surface area contributed by atoms with Gasteiger partial charge in [0, 0.05) is 24.2 Å². The lowest BCUT2D eigenvalue weighted by Crippen LogP contribution is -2.22. The van der Waals surface area contributed by atoms with Crippen molar-refractivity contribution >= 4 is 22.4 Å². The van der Waals surface area contributed by atoms with E-state index in [1.54, 1.807) is 0 Å². The molecule has 200 valence electrons. The van der Waals surface area contributed by atoms with Crippen molar-refractivity contribution in [2.45, 2.75) is 12.4 Å². The molecule has 4 aromatic heterocycles. The van der Waals surface area contributed by atoms with Gasteiger partial charge < -0.3 is 10.3 Å². The van der Waals surface area contributed by atoms with Crippen LogP contribution in [-0.2, 0) is 19.4 Å². The number of alkyl halides is 6. The number of benzene rings is 1. The summed E-state index contributed by atoms with van der Waals surface area (Å²) in [5.74, 6) is -2.09. The number of halogens is 6. The van der Waals surface area contributed by atoms with Gasteiger partial charge in [0.25, 0.3) is 11.5 Å². The number of hydrogen-bond donors (Lipinski definition) is 2. The Labute approximate surface area is 212 Å². The highest BCUT2D eigenvalue weighted by molar-refractivity contribution is 6.06. The standard InChI is InChI=1S/C23H14F6N8O2/c1-36-18(21(39)34-11-9-15(22(24,25)26)19(31-10-11)37-32-7-8-33-37)16(23(27,28)29)17(35-36)13-3-2-4-14-12(13)5-6-30-20(14)38/h2-10H,1H3,(H,30,38)(H,34,39). The molecule has 4 heterocycles. The number of carbonyl (C=O) groups excluding carboxylic acids is 1. The zero-order valence-electron chi connectivity index (χ0n) is 19.5. The van der Waals surface area contributed by atoms with Crippen molar-refractivity contribution in [2.24, 2.45) is 7.05 Å². The van der Waals surface area contributed by atoms with E-state index in [1.165, 1.54) is 30.5 Å². The first kappa shape index (κ1) is 25.6. The maximum Gasteiger partial charge on any atom is 0.420 e. The van der Waals surface area contributed by atoms with Crippen LogP contribution < -0.4 is 10.9 Å². The van der Waals surface area contributed by atoms with Crippen molar-refractivity contribution in [1.82, 2.24) is 34.7 Å². The zero-order chi connectivity index (χ0) is 28.1. The molecule has 1 aromatic carbocycles. The van der Waals surface area contributed by atoms with E-state index >= 15 is 0 Å². The highest BCUT2D eigenvalue weighted by Crippen LogP contribution is 2.41. The Morgan fingerprint density at radius 3 is 2.38 bits per heavy atom. The third kappa shape index (κ3) is 4.60. The van der Waals surface area contributed by atoms with E-state index in [-0.39, 0.29) is 16.3 Å². The van der Waals surface area contributed by atoms with Crippen molar-refractivity contribution in [1.29, 1.82) is 0 Å². The molecule has 10 nitrogen and oxygen atoms in total. The molecule has 0 fully saturated rings. The minimum atomic E-state index is -5.11. The largest absolute Gasteiger partial charge is 0.420 e. The SMILES string of the molecule is Cn1nc(-c2cccc3c(=O)[nH]ccc23)c(C(F)(F)F)c1C(=O)Nc1cnc(-n2nccn2)c(C(F)(F)F)c1. The van der Waals surface area contributed by atoms with Gasteiger partial charge in [-0.05, 0) is 23.6 Å². The molecule has 16 heteroatoms. The molecule has 5 aromatic rings. The first-order valence-electron chi connectivity index (χ1n) is 10.9. The number of aryl methyl sites for hydroxylation is 1. The van der Waals surface area contributed by atoms with Gasteiger partial charge in [0.15, 0.2) is 5.82 Å². The molecular weight excluding hydrogens is 534 g/mol. The molecule has 0 radical (unpaired) electrons. The third-order valence-corrected chi connectivity index (χ3v) is 5.65. The van der Waals surface area contributed by atoms with Crippen molar-refractivity contribution in [3.05, 3.63) is 82.3 Å². The van der Waals surface area contributed by atoms with E-state index in [0.717, 1.165) is 25.6 Å². The second-order valence-corrected chi connectivity index (χ2v) is 8.13. The van der Waals surface area contributed by atoms with E-state index in [2.05, 4.69) is 25.3 Å². The van der Waals surface area contributed by atoms with Crippen LogP contribution in [-0.4, -0.2) is 40.6 Å². The number of pyridine rings is 2. The Bertz CT molecular complexity index is 1770. The van der Waals surface area contributed by atoms with Crippen LogP contribution in [0.3, 0.4) is 0 Å². The Morgan fingerprint density at radius 2 is 1.72 bits per heavy atom. The molecule has 0 saturated heterocycles. The molecule has 39 heavy (non-hydrogen) atoms. The van der Waals surface area contributed by atoms with Crippen molar-refractivity contribution in [3.63, 3.8) is 0 Å². The molecule has 0 unspecified atom stereocenters. The molecule has 0 aliphatic heterocycles. The number of amides is 1. The number of hydrogen-bond acceptors (Lipinski definition) is 6. The Hall–Kier alpha value is -5.02. The minimum Gasteiger partial charge on any atom is -0.329 e. The number of nitrogens with one attached hydrogen (secondary N) is 2. The fourth-order valence-corrected chi connectivity index (χ4v) is 4.08. The van der Waals surface area contributed by atoms with Crippen LogP contribution in [0.4, 0.5) is 32.0 Å². The average Bonchev–Trinajstić information content (AvgIpc) is 3.51. The Kier molecular flexibility index (Phi) is 5.96. The minimum absolute atomic E-state index is 0.0716. The fraction of sp³-hybridized carbons (Fsp3) is 0.130. The smallest absolute Gasteiger partial charge is 0.329 e. The first-order valence-corrected chi connectivity index (χ1v) is 10.9. The molecule has 0 spiro atoms. The van der Waals surface area contributed by atoms with Crippen LogP contribution in [0, 0.1) is 0 Å². The predicted octanol–water partition coefficient (Wildman–Crippen LogP) is 4.19. The van der Waals surface area contributed by atoms with Gasteiger partial charge in [0.05, 0.1) is 24.3 Å². The van der Waals surface area contributed by atoms with E-state index < -0.39 is 57.8 Å². The first-order chi connectivity index (χ1) is 18.4. The number of fused-ring (bicyclic) bond motifs is 1. The van der Waals surface area contributed by atoms with E-state index in [1.807, 2.05) is 5.32 Å². The van der Waals surface area contributed by atoms with E-state index in [9.17, 15) is 35.9 Å². The van der Waals surface area contributed by atoms with Gasteiger partial charge in [0.1, 0.15) is 22.5 Å². The number of aromatic amines is 1. The zero-order valence-corrected chi connectivity index (χ0v) is 19.5. The molecule has 2 N–H and O–H groups in total. The lowest BCUT2D eigenvalue weighted by Gasteiger charge is -2.14. The molecule has 0 aliphatic carbocycles. The number of rotatable bonds is 4. The van der Waals surface area contributed by atoms with Gasteiger partial charge in [0.2, 0.25) is 0 Å². The normalized spacial score (nSPS) is 12.2. The van der Waals surface area contributed by atoms with Crippen molar-refractivity contribution in [2.75, 3.05) is 5.32 Å². The summed E-state index contributed by atoms with van der Waals surface area (Å²) in [6, 6.07) is 5.98. The molecule has 5 rings (SSSR count). The number of H-pyrrole nitrogens is 1. The van der Waals surface area contributed by atoms with E-state index in [4.69, 9.17) is 0 Å². The van der Waals surface area contributed by atoms with Crippen LogP contribution in [0.5, 0.6) is 0 Å². The molecule has 1 amide bonds. The van der Waals surface area contributed by atoms with E-state index in [0.29, 0.717) is 15.5 Å². The monoisotopic (exact) mass is 548 g/mol. The summed E-state index contributed by atoms with van der Waals surface area (Å²) in [5, 5.41) is 13.4. The van der Waals surface area contributed by atoms with Gasteiger partial charge in [-0.2, -0.15) is 41.6 Å². The van der Waals surface area contributed by atoms with Gasteiger partial charge in [-0.25, -0.2) is 4.98 Å².